The highest BCUT2D eigenvalue weighted by Gasteiger charge is 2.40. The lowest BCUT2D eigenvalue weighted by Crippen LogP contribution is -2.51. The van der Waals surface area contributed by atoms with Crippen LogP contribution in [0.2, 0.25) is 0 Å². The minimum Gasteiger partial charge on any atom is -0.346 e. The van der Waals surface area contributed by atoms with E-state index in [0.29, 0.717) is 38.8 Å². The van der Waals surface area contributed by atoms with Gasteiger partial charge in [0.15, 0.2) is 11.6 Å². The van der Waals surface area contributed by atoms with Crippen LogP contribution >= 0.6 is 0 Å². The molecule has 2 amide bonds. The molecule has 0 bridgehead atoms. The maximum absolute atomic E-state index is 14.5. The van der Waals surface area contributed by atoms with Gasteiger partial charge in [0.1, 0.15) is 0 Å². The quantitative estimate of drug-likeness (QED) is 0.816. The number of rotatable bonds is 4. The summed E-state index contributed by atoms with van der Waals surface area (Å²) in [6, 6.07) is 4.18. The van der Waals surface area contributed by atoms with Crippen LogP contribution in [-0.4, -0.2) is 29.8 Å². The summed E-state index contributed by atoms with van der Waals surface area (Å²) in [6.07, 6.45) is 6.37. The second kappa shape index (κ2) is 8.19. The molecule has 0 spiro atoms. The number of likely N-dealkylation sites (tertiary alicyclic amines) is 1. The van der Waals surface area contributed by atoms with Crippen LogP contribution in [0, 0.1) is 17.6 Å². The molecular formula is C21H26F2N2O2. The van der Waals surface area contributed by atoms with Crippen molar-refractivity contribution < 1.29 is 18.4 Å². The number of piperidine rings is 1. The molecule has 1 aromatic rings. The molecule has 4 nitrogen and oxygen atoms in total. The maximum Gasteiger partial charge on any atom is 0.245 e. The number of hydrogen-bond donors (Lipinski definition) is 1. The van der Waals surface area contributed by atoms with Crippen LogP contribution in [0.3, 0.4) is 0 Å². The number of carbonyl (C=O) groups excluding carboxylic acids is 2. The largest absolute Gasteiger partial charge is 0.346 e. The van der Waals surface area contributed by atoms with E-state index in [1.54, 1.807) is 11.0 Å². The fourth-order valence-electron chi connectivity index (χ4n) is 4.32. The SMILES string of the molecule is C=CC(=O)N1CCC(C(=O)NC2(c3cccc(F)c3F)CCCCC2)CC1. The molecule has 0 radical (unpaired) electrons. The zero-order valence-corrected chi connectivity index (χ0v) is 15.5. The average Bonchev–Trinajstić information content (AvgIpc) is 2.70. The Hall–Kier alpha value is -2.24. The molecule has 1 heterocycles. The Labute approximate surface area is 158 Å². The van der Waals surface area contributed by atoms with Gasteiger partial charge < -0.3 is 10.2 Å². The molecule has 27 heavy (non-hydrogen) atoms. The molecule has 1 aromatic carbocycles. The molecular weight excluding hydrogens is 350 g/mol. The van der Waals surface area contributed by atoms with Crippen LogP contribution in [0.15, 0.2) is 30.9 Å². The zero-order valence-electron chi connectivity index (χ0n) is 15.5. The molecule has 1 aliphatic carbocycles. The summed E-state index contributed by atoms with van der Waals surface area (Å²) in [7, 11) is 0. The first-order chi connectivity index (χ1) is 13.0. The first-order valence-corrected chi connectivity index (χ1v) is 9.65. The molecule has 6 heteroatoms. The van der Waals surface area contributed by atoms with Crippen molar-refractivity contribution >= 4 is 11.8 Å². The number of hydrogen-bond acceptors (Lipinski definition) is 2. The smallest absolute Gasteiger partial charge is 0.245 e. The van der Waals surface area contributed by atoms with Gasteiger partial charge in [-0.2, -0.15) is 0 Å². The van der Waals surface area contributed by atoms with Gasteiger partial charge in [0.25, 0.3) is 0 Å². The Balaban J connectivity index is 1.76. The monoisotopic (exact) mass is 376 g/mol. The lowest BCUT2D eigenvalue weighted by molar-refractivity contribution is -0.133. The number of nitrogens with one attached hydrogen (secondary N) is 1. The maximum atomic E-state index is 14.5. The Kier molecular flexibility index (Phi) is 5.92. The van der Waals surface area contributed by atoms with Crippen molar-refractivity contribution in [1.82, 2.24) is 10.2 Å². The molecule has 3 rings (SSSR count). The van der Waals surface area contributed by atoms with Crippen LogP contribution in [-0.2, 0) is 15.1 Å². The van der Waals surface area contributed by atoms with E-state index >= 15 is 0 Å². The molecule has 1 saturated heterocycles. The summed E-state index contributed by atoms with van der Waals surface area (Å²) >= 11 is 0. The average molecular weight is 376 g/mol. The highest BCUT2D eigenvalue weighted by Crippen LogP contribution is 2.39. The molecule has 146 valence electrons. The van der Waals surface area contributed by atoms with Crippen molar-refractivity contribution in [2.75, 3.05) is 13.1 Å². The zero-order chi connectivity index (χ0) is 19.4. The summed E-state index contributed by atoms with van der Waals surface area (Å²) in [5.41, 5.74) is -0.606. The highest BCUT2D eigenvalue weighted by atomic mass is 19.2. The third-order valence-corrected chi connectivity index (χ3v) is 5.89. The third kappa shape index (κ3) is 4.04. The van der Waals surface area contributed by atoms with Crippen molar-refractivity contribution in [3.63, 3.8) is 0 Å². The van der Waals surface area contributed by atoms with Gasteiger partial charge in [0, 0.05) is 24.6 Å². The van der Waals surface area contributed by atoms with Crippen molar-refractivity contribution in [3.05, 3.63) is 48.1 Å². The number of benzene rings is 1. The van der Waals surface area contributed by atoms with E-state index in [2.05, 4.69) is 11.9 Å². The second-order valence-corrected chi connectivity index (χ2v) is 7.54. The molecule has 1 N–H and O–H groups in total. The number of carbonyl (C=O) groups is 2. The predicted molar refractivity (Wildman–Crippen MR) is 98.8 cm³/mol. The molecule has 0 atom stereocenters. The van der Waals surface area contributed by atoms with Gasteiger partial charge in [-0.05, 0) is 37.8 Å². The van der Waals surface area contributed by atoms with E-state index in [0.717, 1.165) is 25.3 Å². The van der Waals surface area contributed by atoms with Crippen molar-refractivity contribution in [1.29, 1.82) is 0 Å². The lowest BCUT2D eigenvalue weighted by Gasteiger charge is -2.40. The first-order valence-electron chi connectivity index (χ1n) is 9.65. The normalized spacial score (nSPS) is 20.1. The fraction of sp³-hybridized carbons (Fsp3) is 0.524. The summed E-state index contributed by atoms with van der Waals surface area (Å²) in [4.78, 5) is 26.3. The fourth-order valence-corrected chi connectivity index (χ4v) is 4.32. The van der Waals surface area contributed by atoms with E-state index in [4.69, 9.17) is 0 Å². The van der Waals surface area contributed by atoms with E-state index < -0.39 is 17.2 Å². The Morgan fingerprint density at radius 3 is 2.44 bits per heavy atom. The van der Waals surface area contributed by atoms with Crippen LogP contribution < -0.4 is 5.32 Å². The lowest BCUT2D eigenvalue weighted by atomic mass is 9.75. The minimum absolute atomic E-state index is 0.126. The minimum atomic E-state index is -0.886. The van der Waals surface area contributed by atoms with Crippen molar-refractivity contribution in [2.24, 2.45) is 5.92 Å². The standard InChI is InChI=1S/C21H26F2N2O2/c1-2-18(26)25-13-9-15(10-14-25)20(27)24-21(11-4-3-5-12-21)16-7-6-8-17(22)19(16)23/h2,6-8,15H,1,3-5,9-14H2,(H,24,27). The van der Waals surface area contributed by atoms with E-state index in [1.165, 1.54) is 12.1 Å². The summed E-state index contributed by atoms with van der Waals surface area (Å²) in [6.45, 7) is 4.50. The van der Waals surface area contributed by atoms with Crippen molar-refractivity contribution in [2.45, 2.75) is 50.5 Å². The van der Waals surface area contributed by atoms with Crippen LogP contribution in [0.25, 0.3) is 0 Å². The summed E-state index contributed by atoms with van der Waals surface area (Å²) in [5.74, 6) is -2.24. The molecule has 1 saturated carbocycles. The third-order valence-electron chi connectivity index (χ3n) is 5.89. The Bertz CT molecular complexity index is 721. The Morgan fingerprint density at radius 2 is 1.81 bits per heavy atom. The van der Waals surface area contributed by atoms with Crippen LogP contribution in [0.5, 0.6) is 0 Å². The summed E-state index contributed by atoms with van der Waals surface area (Å²) in [5, 5.41) is 3.08. The second-order valence-electron chi connectivity index (χ2n) is 7.54. The van der Waals surface area contributed by atoms with Gasteiger partial charge in [-0.15, -0.1) is 0 Å². The number of halogens is 2. The topological polar surface area (TPSA) is 49.4 Å². The van der Waals surface area contributed by atoms with E-state index in [1.807, 2.05) is 0 Å². The number of amides is 2. The first kappa shape index (κ1) is 19.5. The van der Waals surface area contributed by atoms with Gasteiger partial charge in [0.2, 0.25) is 11.8 Å². The molecule has 2 fully saturated rings. The van der Waals surface area contributed by atoms with E-state index in [-0.39, 0.29) is 23.3 Å². The molecule has 1 aliphatic heterocycles. The van der Waals surface area contributed by atoms with Gasteiger partial charge in [0.05, 0.1) is 5.54 Å². The van der Waals surface area contributed by atoms with Gasteiger partial charge in [-0.3, -0.25) is 9.59 Å². The molecule has 0 unspecified atom stereocenters. The number of nitrogens with zero attached hydrogens (tertiary/aromatic N) is 1. The van der Waals surface area contributed by atoms with Gasteiger partial charge >= 0.3 is 0 Å². The molecule has 0 aromatic heterocycles. The van der Waals surface area contributed by atoms with Gasteiger partial charge in [-0.25, -0.2) is 8.78 Å². The van der Waals surface area contributed by atoms with Gasteiger partial charge in [-0.1, -0.05) is 38.0 Å². The van der Waals surface area contributed by atoms with E-state index in [9.17, 15) is 18.4 Å². The molecule has 2 aliphatic rings. The predicted octanol–water partition coefficient (Wildman–Crippen LogP) is 3.67. The Morgan fingerprint density at radius 1 is 1.15 bits per heavy atom. The summed E-state index contributed by atoms with van der Waals surface area (Å²) < 4.78 is 28.3. The van der Waals surface area contributed by atoms with Crippen LogP contribution in [0.1, 0.15) is 50.5 Å². The van der Waals surface area contributed by atoms with Crippen molar-refractivity contribution in [3.8, 4) is 0 Å². The highest BCUT2D eigenvalue weighted by molar-refractivity contribution is 5.87. The van der Waals surface area contributed by atoms with Crippen LogP contribution in [0.4, 0.5) is 8.78 Å².